The quantitative estimate of drug-likeness (QED) is 0.272. The number of nitrogens with zero attached hydrogens (tertiary/aromatic N) is 1. The molecule has 0 bridgehead atoms. The lowest BCUT2D eigenvalue weighted by Crippen LogP contribution is -2.63. The standard InChI is InChI=1S/C39H61NO6/c1-23(2)32-27(42)21-39(19-20-40(10)24(3)41)18-13-26-25(33(32)39)11-12-29-37(26,8)16-14-28-36(6,7)30(15-17-38(28,29)9)46-31(43)22-35(4,5)34(44)45/h23,25-26,28-30H,11-22H2,1-10H3,(H,44,45). The Kier molecular flexibility index (Phi) is 8.98. The Balaban J connectivity index is 1.41. The highest BCUT2D eigenvalue weighted by Gasteiger charge is 2.66. The van der Waals surface area contributed by atoms with Crippen molar-refractivity contribution in [3.05, 3.63) is 11.1 Å². The van der Waals surface area contributed by atoms with Crippen molar-refractivity contribution >= 4 is 23.6 Å². The summed E-state index contributed by atoms with van der Waals surface area (Å²) in [4.78, 5) is 52.3. The van der Waals surface area contributed by atoms with Crippen molar-refractivity contribution in [2.75, 3.05) is 13.6 Å². The van der Waals surface area contributed by atoms with Crippen LogP contribution in [0, 0.1) is 56.7 Å². The van der Waals surface area contributed by atoms with Crippen molar-refractivity contribution in [3.63, 3.8) is 0 Å². The number of aliphatic carboxylic acids is 1. The lowest BCUT2D eigenvalue weighted by molar-refractivity contribution is -0.214. The number of carboxylic acid groups (broad SMARTS) is 1. The Labute approximate surface area is 277 Å². The molecule has 258 valence electrons. The number of hydrogen-bond acceptors (Lipinski definition) is 5. The van der Waals surface area contributed by atoms with Gasteiger partial charge in [0, 0.05) is 37.8 Å². The van der Waals surface area contributed by atoms with E-state index >= 15 is 0 Å². The number of carboxylic acids is 1. The summed E-state index contributed by atoms with van der Waals surface area (Å²) in [6, 6.07) is 0. The third-order valence-electron chi connectivity index (χ3n) is 14.6. The number of carbonyl (C=O) groups is 4. The fourth-order valence-electron chi connectivity index (χ4n) is 12.1. The van der Waals surface area contributed by atoms with Crippen LogP contribution < -0.4 is 0 Å². The summed E-state index contributed by atoms with van der Waals surface area (Å²) in [5, 5.41) is 9.55. The van der Waals surface area contributed by atoms with E-state index in [1.54, 1.807) is 20.8 Å². The molecule has 7 nitrogen and oxygen atoms in total. The van der Waals surface area contributed by atoms with E-state index in [1.165, 1.54) is 5.57 Å². The summed E-state index contributed by atoms with van der Waals surface area (Å²) < 4.78 is 6.13. The molecule has 0 aromatic rings. The summed E-state index contributed by atoms with van der Waals surface area (Å²) >= 11 is 0. The Morgan fingerprint density at radius 2 is 1.61 bits per heavy atom. The van der Waals surface area contributed by atoms with Gasteiger partial charge in [0.2, 0.25) is 5.91 Å². The molecule has 5 aliphatic carbocycles. The van der Waals surface area contributed by atoms with Gasteiger partial charge in [-0.05, 0) is 118 Å². The van der Waals surface area contributed by atoms with Crippen LogP contribution in [0.4, 0.5) is 0 Å². The second-order valence-electron chi connectivity index (χ2n) is 18.2. The highest BCUT2D eigenvalue weighted by atomic mass is 16.5. The fourth-order valence-corrected chi connectivity index (χ4v) is 12.1. The SMILES string of the molecule is CC(=O)N(C)CCC12CCC3C(CCC4C3(C)CCC3C(C)(C)C(OC(=O)CC(C)(C)C(=O)O)CCC34C)C1=C(C(C)C)C(=O)C2. The average Bonchev–Trinajstić information content (AvgIpc) is 3.25. The molecule has 0 radical (unpaired) electrons. The van der Waals surface area contributed by atoms with Crippen molar-refractivity contribution in [2.45, 2.75) is 139 Å². The molecule has 46 heavy (non-hydrogen) atoms. The third kappa shape index (κ3) is 5.47. The van der Waals surface area contributed by atoms with Crippen LogP contribution in [-0.2, 0) is 23.9 Å². The number of fused-ring (bicyclic) bond motifs is 7. The molecule has 8 unspecified atom stereocenters. The van der Waals surface area contributed by atoms with Gasteiger partial charge in [-0.25, -0.2) is 0 Å². The number of ether oxygens (including phenoxy) is 1. The normalized spacial score (nSPS) is 38.4. The molecule has 4 fully saturated rings. The maximum Gasteiger partial charge on any atom is 0.309 e. The Bertz CT molecular complexity index is 1310. The first kappa shape index (κ1) is 35.1. The van der Waals surface area contributed by atoms with Crippen LogP contribution in [0.15, 0.2) is 11.1 Å². The molecule has 8 atom stereocenters. The van der Waals surface area contributed by atoms with Gasteiger partial charge in [0.1, 0.15) is 6.10 Å². The van der Waals surface area contributed by atoms with Crippen LogP contribution >= 0.6 is 0 Å². The van der Waals surface area contributed by atoms with Gasteiger partial charge >= 0.3 is 11.9 Å². The van der Waals surface area contributed by atoms with Gasteiger partial charge in [-0.1, -0.05) is 47.1 Å². The van der Waals surface area contributed by atoms with Crippen LogP contribution in [0.25, 0.3) is 0 Å². The number of esters is 1. The van der Waals surface area contributed by atoms with Crippen LogP contribution in [0.2, 0.25) is 0 Å². The average molecular weight is 640 g/mol. The van der Waals surface area contributed by atoms with E-state index in [-0.39, 0.29) is 46.0 Å². The van der Waals surface area contributed by atoms with Crippen molar-refractivity contribution in [3.8, 4) is 0 Å². The maximum absolute atomic E-state index is 13.7. The first-order valence-electron chi connectivity index (χ1n) is 18.1. The molecule has 0 aliphatic heterocycles. The van der Waals surface area contributed by atoms with E-state index in [0.29, 0.717) is 42.4 Å². The van der Waals surface area contributed by atoms with Gasteiger partial charge in [-0.3, -0.25) is 19.2 Å². The monoisotopic (exact) mass is 639 g/mol. The minimum atomic E-state index is -1.15. The largest absolute Gasteiger partial charge is 0.481 e. The van der Waals surface area contributed by atoms with Crippen molar-refractivity contribution < 1.29 is 29.0 Å². The molecule has 1 amide bonds. The smallest absolute Gasteiger partial charge is 0.309 e. The molecule has 5 aliphatic rings. The lowest BCUT2D eigenvalue weighted by atomic mass is 9.36. The summed E-state index contributed by atoms with van der Waals surface area (Å²) in [7, 11) is 1.88. The Morgan fingerprint density at radius 1 is 0.957 bits per heavy atom. The van der Waals surface area contributed by atoms with E-state index in [1.807, 2.05) is 11.9 Å². The highest BCUT2D eigenvalue weighted by molar-refractivity contribution is 6.00. The number of ketones is 1. The molecule has 0 aromatic carbocycles. The number of rotatable bonds is 8. The second kappa shape index (κ2) is 11.8. The van der Waals surface area contributed by atoms with Crippen molar-refractivity contribution in [2.24, 2.45) is 56.7 Å². The van der Waals surface area contributed by atoms with Crippen LogP contribution in [-0.4, -0.2) is 53.3 Å². The molecular weight excluding hydrogens is 578 g/mol. The fraction of sp³-hybridized carbons (Fsp3) is 0.846. The topological polar surface area (TPSA) is 101 Å². The Hall–Kier alpha value is -2.18. The second-order valence-corrected chi connectivity index (χ2v) is 18.2. The Morgan fingerprint density at radius 3 is 2.22 bits per heavy atom. The van der Waals surface area contributed by atoms with E-state index in [9.17, 15) is 24.3 Å². The summed E-state index contributed by atoms with van der Waals surface area (Å²) in [5.74, 6) is 1.22. The number of allylic oxidation sites excluding steroid dienone is 2. The van der Waals surface area contributed by atoms with Crippen LogP contribution in [0.5, 0.6) is 0 Å². The summed E-state index contributed by atoms with van der Waals surface area (Å²) in [5.41, 5.74) is 1.44. The molecule has 0 saturated heterocycles. The molecule has 0 heterocycles. The van der Waals surface area contributed by atoms with E-state index in [2.05, 4.69) is 41.5 Å². The first-order valence-corrected chi connectivity index (χ1v) is 18.1. The van der Waals surface area contributed by atoms with Gasteiger partial charge in [0.25, 0.3) is 0 Å². The van der Waals surface area contributed by atoms with Gasteiger partial charge in [0.05, 0.1) is 11.8 Å². The molecule has 1 N–H and O–H groups in total. The third-order valence-corrected chi connectivity index (χ3v) is 14.6. The zero-order chi connectivity index (χ0) is 34.2. The maximum atomic E-state index is 13.7. The van der Waals surface area contributed by atoms with Crippen LogP contribution in [0.3, 0.4) is 0 Å². The van der Waals surface area contributed by atoms with Gasteiger partial charge in [-0.15, -0.1) is 0 Å². The van der Waals surface area contributed by atoms with Gasteiger partial charge in [-0.2, -0.15) is 0 Å². The zero-order valence-electron chi connectivity index (χ0n) is 30.4. The van der Waals surface area contributed by atoms with Gasteiger partial charge in [0.15, 0.2) is 5.78 Å². The van der Waals surface area contributed by atoms with Crippen LogP contribution in [0.1, 0.15) is 133 Å². The van der Waals surface area contributed by atoms with E-state index in [4.69, 9.17) is 4.74 Å². The van der Waals surface area contributed by atoms with Gasteiger partial charge < -0.3 is 14.7 Å². The lowest BCUT2D eigenvalue weighted by Gasteiger charge is -2.69. The number of carbonyl (C=O) groups excluding carboxylic acids is 3. The highest BCUT2D eigenvalue weighted by Crippen LogP contribution is 2.73. The van der Waals surface area contributed by atoms with Crippen molar-refractivity contribution in [1.82, 2.24) is 4.90 Å². The predicted molar refractivity (Wildman–Crippen MR) is 179 cm³/mol. The molecule has 4 saturated carbocycles. The number of hydrogen-bond donors (Lipinski definition) is 1. The minimum absolute atomic E-state index is 0.0820. The first-order chi connectivity index (χ1) is 21.2. The molecule has 0 spiro atoms. The zero-order valence-corrected chi connectivity index (χ0v) is 30.4. The van der Waals surface area contributed by atoms with Crippen molar-refractivity contribution in [1.29, 1.82) is 0 Å². The number of amides is 1. The molecule has 7 heteroatoms. The molecule has 5 rings (SSSR count). The summed E-state index contributed by atoms with van der Waals surface area (Å²) in [6.07, 6.45) is 9.69. The molecular formula is C39H61NO6. The molecule has 0 aromatic heterocycles. The van der Waals surface area contributed by atoms with E-state index in [0.717, 1.165) is 63.4 Å². The van der Waals surface area contributed by atoms with E-state index < -0.39 is 17.4 Å². The summed E-state index contributed by atoms with van der Waals surface area (Å²) in [6.45, 7) is 19.5. The minimum Gasteiger partial charge on any atom is -0.481 e. The predicted octanol–water partition coefficient (Wildman–Crippen LogP) is 7.86. The number of Topliss-reactive ketones (excluding diaryl/α,β-unsaturated/α-hetero) is 1.